The largest absolute Gasteiger partial charge is 0.0654 e. The zero-order valence-electron chi connectivity index (χ0n) is 28.7. The summed E-state index contributed by atoms with van der Waals surface area (Å²) in [5, 5.41) is 0. The van der Waals surface area contributed by atoms with Crippen LogP contribution < -0.4 is 0 Å². The van der Waals surface area contributed by atoms with Gasteiger partial charge < -0.3 is 0 Å². The molecule has 0 saturated carbocycles. The van der Waals surface area contributed by atoms with E-state index in [0.717, 1.165) is 0 Å². The molecule has 1 radical (unpaired) electrons. The van der Waals surface area contributed by atoms with Crippen molar-refractivity contribution in [1.82, 2.24) is 0 Å². The summed E-state index contributed by atoms with van der Waals surface area (Å²) in [4.78, 5) is 0. The van der Waals surface area contributed by atoms with E-state index in [0.29, 0.717) is 0 Å². The van der Waals surface area contributed by atoms with Crippen molar-refractivity contribution in [2.45, 2.75) is 251 Å². The molecule has 0 aromatic heterocycles. The highest BCUT2D eigenvalue weighted by Gasteiger charge is 1.97. The monoisotopic (exact) mass is 562 g/mol. The second kappa shape index (κ2) is 39.0. The first-order valence-electron chi connectivity index (χ1n) is 19.7. The van der Waals surface area contributed by atoms with Gasteiger partial charge in [-0.2, -0.15) is 0 Å². The van der Waals surface area contributed by atoms with E-state index in [-0.39, 0.29) is 0 Å². The molecule has 0 N–H and O–H groups in total. The van der Waals surface area contributed by atoms with Gasteiger partial charge in [0.25, 0.3) is 0 Å². The van der Waals surface area contributed by atoms with Crippen molar-refractivity contribution in [1.29, 1.82) is 0 Å². The van der Waals surface area contributed by atoms with Gasteiger partial charge in [0.2, 0.25) is 0 Å². The maximum absolute atomic E-state index is 2.59. The van der Waals surface area contributed by atoms with E-state index < -0.39 is 0 Å². The molecule has 241 valence electrons. The molecule has 0 rings (SSSR count). The van der Waals surface area contributed by atoms with Crippen molar-refractivity contribution in [3.63, 3.8) is 0 Å². The molecule has 0 aromatic rings. The molecule has 0 atom stereocenters. The Labute approximate surface area is 257 Å². The highest BCUT2D eigenvalue weighted by atomic mass is 14.0. The molecule has 0 unspecified atom stereocenters. The Kier molecular flexibility index (Phi) is 39.0. The lowest BCUT2D eigenvalue weighted by Crippen LogP contribution is -1.85. The van der Waals surface area contributed by atoms with Crippen LogP contribution in [0.4, 0.5) is 0 Å². The van der Waals surface area contributed by atoms with E-state index in [2.05, 4.69) is 20.3 Å². The van der Waals surface area contributed by atoms with E-state index in [1.165, 1.54) is 238 Å². The summed E-state index contributed by atoms with van der Waals surface area (Å²) in [5.74, 6) is 0. The molecule has 0 amide bonds. The number of hydrogen-bond acceptors (Lipinski definition) is 0. The third-order valence-electron chi connectivity index (χ3n) is 9.27. The summed E-state index contributed by atoms with van der Waals surface area (Å²) in [6.07, 6.45) is 56.9. The summed E-state index contributed by atoms with van der Waals surface area (Å²) in [5.41, 5.74) is 0. The highest BCUT2D eigenvalue weighted by Crippen LogP contribution is 2.17. The van der Waals surface area contributed by atoms with Crippen molar-refractivity contribution >= 4 is 0 Å². The van der Waals surface area contributed by atoms with Gasteiger partial charge in [-0.25, -0.2) is 0 Å². The fourth-order valence-corrected chi connectivity index (χ4v) is 6.35. The summed E-state index contributed by atoms with van der Waals surface area (Å²) in [6.45, 7) is 4.62. The minimum atomic E-state index is 1.37. The molecule has 40 heavy (non-hydrogen) atoms. The predicted octanol–water partition coefficient (Wildman–Crippen LogP) is 15.7. The van der Waals surface area contributed by atoms with Crippen LogP contribution in [0, 0.1) is 6.42 Å². The first kappa shape index (κ1) is 40.0. The molecule has 0 heteroatoms. The van der Waals surface area contributed by atoms with Crippen molar-refractivity contribution in [2.75, 3.05) is 0 Å². The summed E-state index contributed by atoms with van der Waals surface area (Å²) < 4.78 is 0. The molecule has 0 bridgehead atoms. The van der Waals surface area contributed by atoms with Gasteiger partial charge in [-0.05, 0) is 6.42 Å². The van der Waals surface area contributed by atoms with E-state index in [4.69, 9.17) is 0 Å². The maximum Gasteiger partial charge on any atom is -0.0386 e. The van der Waals surface area contributed by atoms with E-state index in [1.54, 1.807) is 0 Å². The smallest absolute Gasteiger partial charge is 0.0386 e. The quantitative estimate of drug-likeness (QED) is 0.0661. The molecule has 0 fully saturated rings. The molecular weight excluding hydrogens is 480 g/mol. The van der Waals surface area contributed by atoms with Gasteiger partial charge in [0.15, 0.2) is 0 Å². The van der Waals surface area contributed by atoms with Crippen LogP contribution in [0.3, 0.4) is 0 Å². The Morgan fingerprint density at radius 2 is 0.350 bits per heavy atom. The first-order chi connectivity index (χ1) is 19.9. The topological polar surface area (TPSA) is 0 Å². The Morgan fingerprint density at radius 3 is 0.525 bits per heavy atom. The summed E-state index contributed by atoms with van der Waals surface area (Å²) >= 11 is 0. The second-order valence-electron chi connectivity index (χ2n) is 13.5. The van der Waals surface area contributed by atoms with E-state index in [9.17, 15) is 0 Å². The molecule has 0 aromatic carbocycles. The third kappa shape index (κ3) is 38.0. The van der Waals surface area contributed by atoms with Crippen molar-refractivity contribution < 1.29 is 0 Å². The SMILES string of the molecule is CCCCCCCCCCCCCCCCC[CH]CCCCCCCCCCCCCCCCCCCCCC. The molecular formula is C40H81. The van der Waals surface area contributed by atoms with Crippen molar-refractivity contribution in [3.05, 3.63) is 6.42 Å². The van der Waals surface area contributed by atoms with Crippen LogP contribution in [0.2, 0.25) is 0 Å². The van der Waals surface area contributed by atoms with Crippen LogP contribution >= 0.6 is 0 Å². The average molecular weight is 562 g/mol. The number of hydrogen-bond donors (Lipinski definition) is 0. The van der Waals surface area contributed by atoms with Gasteiger partial charge in [0.1, 0.15) is 0 Å². The van der Waals surface area contributed by atoms with E-state index in [1.807, 2.05) is 0 Å². The van der Waals surface area contributed by atoms with Gasteiger partial charge in [0.05, 0.1) is 0 Å². The number of rotatable bonds is 37. The maximum atomic E-state index is 2.59. The Morgan fingerprint density at radius 1 is 0.200 bits per heavy atom. The molecule has 0 spiro atoms. The molecule has 0 aliphatic heterocycles. The summed E-state index contributed by atoms with van der Waals surface area (Å²) in [7, 11) is 0. The molecule has 0 heterocycles. The minimum Gasteiger partial charge on any atom is -0.0654 e. The van der Waals surface area contributed by atoms with Crippen molar-refractivity contribution in [2.24, 2.45) is 0 Å². The van der Waals surface area contributed by atoms with Gasteiger partial charge >= 0.3 is 0 Å². The highest BCUT2D eigenvalue weighted by molar-refractivity contribution is 4.65. The standard InChI is InChI=1S/C40H81/c1-3-5-7-9-11-13-15-17-19-21-23-25-27-29-31-33-35-37-39-40-38-36-34-32-30-28-26-24-22-20-18-16-14-12-10-8-6-4-2/h35H,3-34,36-40H2,1-2H3. The molecule has 0 saturated heterocycles. The predicted molar refractivity (Wildman–Crippen MR) is 186 cm³/mol. The molecule has 0 aliphatic carbocycles. The van der Waals surface area contributed by atoms with Gasteiger partial charge in [-0.3, -0.25) is 0 Å². The Balaban J connectivity index is 3.01. The Bertz CT molecular complexity index is 361. The third-order valence-corrected chi connectivity index (χ3v) is 9.27. The van der Waals surface area contributed by atoms with Crippen LogP contribution in [-0.2, 0) is 0 Å². The van der Waals surface area contributed by atoms with Crippen LogP contribution in [0.1, 0.15) is 251 Å². The summed E-state index contributed by atoms with van der Waals surface area (Å²) in [6, 6.07) is 0. The molecule has 0 nitrogen and oxygen atoms in total. The Hall–Kier alpha value is 0. The second-order valence-corrected chi connectivity index (χ2v) is 13.5. The fourth-order valence-electron chi connectivity index (χ4n) is 6.35. The number of unbranched alkanes of at least 4 members (excludes halogenated alkanes) is 37. The zero-order chi connectivity index (χ0) is 28.9. The molecule has 0 aliphatic rings. The lowest BCUT2D eigenvalue weighted by molar-refractivity contribution is 0.520. The lowest BCUT2D eigenvalue weighted by Gasteiger charge is -2.05. The van der Waals surface area contributed by atoms with Crippen LogP contribution in [0.15, 0.2) is 0 Å². The van der Waals surface area contributed by atoms with Crippen LogP contribution in [0.5, 0.6) is 0 Å². The first-order valence-corrected chi connectivity index (χ1v) is 19.7. The van der Waals surface area contributed by atoms with Crippen LogP contribution in [0.25, 0.3) is 0 Å². The van der Waals surface area contributed by atoms with Gasteiger partial charge in [-0.15, -0.1) is 0 Å². The zero-order valence-corrected chi connectivity index (χ0v) is 28.7. The van der Waals surface area contributed by atoms with E-state index >= 15 is 0 Å². The lowest BCUT2D eigenvalue weighted by atomic mass is 10.0. The average Bonchev–Trinajstić information content (AvgIpc) is 2.97. The fraction of sp³-hybridized carbons (Fsp3) is 0.975. The van der Waals surface area contributed by atoms with Gasteiger partial charge in [-0.1, -0.05) is 251 Å². The van der Waals surface area contributed by atoms with Gasteiger partial charge in [0, 0.05) is 0 Å². The normalized spacial score (nSPS) is 11.6. The van der Waals surface area contributed by atoms with Crippen molar-refractivity contribution in [3.8, 4) is 0 Å². The van der Waals surface area contributed by atoms with Crippen LogP contribution in [-0.4, -0.2) is 0 Å². The minimum absolute atomic E-state index is 1.37.